The van der Waals surface area contributed by atoms with Crippen molar-refractivity contribution >= 4 is 11.9 Å². The van der Waals surface area contributed by atoms with Crippen LogP contribution in [-0.2, 0) is 11.2 Å². The van der Waals surface area contributed by atoms with Gasteiger partial charge in [0.25, 0.3) is 0 Å². The zero-order valence-electron chi connectivity index (χ0n) is 12.0. The third-order valence-corrected chi connectivity index (χ3v) is 3.65. The van der Waals surface area contributed by atoms with Crippen molar-refractivity contribution in [2.75, 3.05) is 0 Å². The molecule has 1 aromatic heterocycles. The zero-order valence-corrected chi connectivity index (χ0v) is 12.0. The van der Waals surface area contributed by atoms with Crippen LogP contribution in [0.1, 0.15) is 36.7 Å². The molecule has 0 spiro atoms. The molecule has 108 valence electrons. The number of ether oxygens (including phenoxy) is 1. The number of fused-ring (bicyclic) bond motifs is 1. The highest BCUT2D eigenvalue weighted by atomic mass is 16.5. The maximum absolute atomic E-state index is 12.0. The molecule has 0 fully saturated rings. The second-order valence-corrected chi connectivity index (χ2v) is 5.16. The molecule has 21 heavy (non-hydrogen) atoms. The summed E-state index contributed by atoms with van der Waals surface area (Å²) in [6.45, 7) is 1.92. The first-order chi connectivity index (χ1) is 10.2. The summed E-state index contributed by atoms with van der Waals surface area (Å²) in [7, 11) is 0. The van der Waals surface area contributed by atoms with E-state index in [2.05, 4.69) is 0 Å². The second kappa shape index (κ2) is 5.56. The van der Waals surface area contributed by atoms with E-state index >= 15 is 0 Å². The van der Waals surface area contributed by atoms with Gasteiger partial charge < -0.3 is 4.74 Å². The summed E-state index contributed by atoms with van der Waals surface area (Å²) in [6, 6.07) is 11.7. The molecule has 0 bridgehead atoms. The lowest BCUT2D eigenvalue weighted by atomic mass is 10.0. The van der Waals surface area contributed by atoms with Crippen molar-refractivity contribution in [2.24, 2.45) is 0 Å². The van der Waals surface area contributed by atoms with Gasteiger partial charge in [-0.1, -0.05) is 37.3 Å². The van der Waals surface area contributed by atoms with Crippen LogP contribution < -0.4 is 4.74 Å². The summed E-state index contributed by atoms with van der Waals surface area (Å²) in [4.78, 5) is 23.8. The standard InChI is InChI=1S/C17H17NO3/c1-2-6-17(20)21-16-11-13(12-7-4-3-5-8-12)14-9-10-15(19)18(14)16/h3-5,7-8,11H,2,6,9-10H2,1H3. The topological polar surface area (TPSA) is 48.3 Å². The van der Waals surface area contributed by atoms with E-state index in [0.29, 0.717) is 25.1 Å². The van der Waals surface area contributed by atoms with Crippen molar-refractivity contribution in [3.63, 3.8) is 0 Å². The van der Waals surface area contributed by atoms with Gasteiger partial charge in [0.2, 0.25) is 11.8 Å². The minimum Gasteiger partial charge on any atom is -0.409 e. The van der Waals surface area contributed by atoms with Gasteiger partial charge in [0.1, 0.15) is 0 Å². The zero-order chi connectivity index (χ0) is 14.8. The molecule has 2 heterocycles. The fraction of sp³-hybridized carbons (Fsp3) is 0.294. The molecule has 0 radical (unpaired) electrons. The van der Waals surface area contributed by atoms with Crippen molar-refractivity contribution in [3.05, 3.63) is 42.1 Å². The molecule has 1 aliphatic rings. The lowest BCUT2D eigenvalue weighted by Gasteiger charge is -2.04. The van der Waals surface area contributed by atoms with E-state index in [-0.39, 0.29) is 11.9 Å². The normalized spacial score (nSPS) is 13.3. The van der Waals surface area contributed by atoms with Crippen LogP contribution in [0.2, 0.25) is 0 Å². The minimum atomic E-state index is -0.294. The Morgan fingerprint density at radius 1 is 1.24 bits per heavy atom. The van der Waals surface area contributed by atoms with Crippen molar-refractivity contribution in [2.45, 2.75) is 32.6 Å². The third-order valence-electron chi connectivity index (χ3n) is 3.65. The van der Waals surface area contributed by atoms with Gasteiger partial charge in [0.15, 0.2) is 0 Å². The first-order valence-electron chi connectivity index (χ1n) is 7.24. The molecule has 4 nitrogen and oxygen atoms in total. The molecule has 0 atom stereocenters. The lowest BCUT2D eigenvalue weighted by molar-refractivity contribution is -0.134. The highest BCUT2D eigenvalue weighted by Crippen LogP contribution is 2.35. The summed E-state index contributed by atoms with van der Waals surface area (Å²) < 4.78 is 6.92. The molecule has 3 rings (SSSR count). The van der Waals surface area contributed by atoms with Crippen LogP contribution in [0.15, 0.2) is 36.4 Å². The number of esters is 1. The van der Waals surface area contributed by atoms with Crippen LogP contribution in [0.5, 0.6) is 5.88 Å². The Balaban J connectivity index is 2.02. The van der Waals surface area contributed by atoms with Gasteiger partial charge in [-0.15, -0.1) is 0 Å². The molecule has 0 amide bonds. The quantitative estimate of drug-likeness (QED) is 0.807. The smallest absolute Gasteiger partial charge is 0.312 e. The highest BCUT2D eigenvalue weighted by Gasteiger charge is 2.28. The fourth-order valence-electron chi connectivity index (χ4n) is 2.70. The van der Waals surface area contributed by atoms with Gasteiger partial charge in [0.05, 0.1) is 0 Å². The number of hydrogen-bond acceptors (Lipinski definition) is 3. The maximum Gasteiger partial charge on any atom is 0.312 e. The molecular weight excluding hydrogens is 266 g/mol. The Bertz CT molecular complexity index is 686. The van der Waals surface area contributed by atoms with Gasteiger partial charge in [-0.2, -0.15) is 0 Å². The first-order valence-corrected chi connectivity index (χ1v) is 7.24. The number of carbonyl (C=O) groups excluding carboxylic acids is 2. The predicted molar refractivity (Wildman–Crippen MR) is 79.4 cm³/mol. The first kappa shape index (κ1) is 13.6. The summed E-state index contributed by atoms with van der Waals surface area (Å²) in [5.41, 5.74) is 2.94. The van der Waals surface area contributed by atoms with Gasteiger partial charge in [-0.25, -0.2) is 0 Å². The molecule has 1 aliphatic heterocycles. The van der Waals surface area contributed by atoms with Crippen LogP contribution in [-0.4, -0.2) is 16.4 Å². The lowest BCUT2D eigenvalue weighted by Crippen LogP contribution is -2.13. The largest absolute Gasteiger partial charge is 0.409 e. The van der Waals surface area contributed by atoms with Gasteiger partial charge >= 0.3 is 5.97 Å². The van der Waals surface area contributed by atoms with Crippen LogP contribution in [0.4, 0.5) is 0 Å². The number of hydrogen-bond donors (Lipinski definition) is 0. The summed E-state index contributed by atoms with van der Waals surface area (Å²) >= 11 is 0. The van der Waals surface area contributed by atoms with Gasteiger partial charge in [-0.3, -0.25) is 14.2 Å². The van der Waals surface area contributed by atoms with E-state index in [1.807, 2.05) is 37.3 Å². The molecule has 0 N–H and O–H groups in total. The van der Waals surface area contributed by atoms with E-state index in [0.717, 1.165) is 23.2 Å². The number of benzene rings is 1. The molecule has 2 aromatic rings. The molecule has 0 saturated heterocycles. The molecule has 4 heteroatoms. The van der Waals surface area contributed by atoms with E-state index in [4.69, 9.17) is 4.74 Å². The molecular formula is C17H17NO3. The summed E-state index contributed by atoms with van der Waals surface area (Å²) in [5, 5.41) is 0. The van der Waals surface area contributed by atoms with Gasteiger partial charge in [-0.05, 0) is 18.4 Å². The Hall–Kier alpha value is -2.36. The van der Waals surface area contributed by atoms with Crippen LogP contribution in [0, 0.1) is 0 Å². The fourth-order valence-corrected chi connectivity index (χ4v) is 2.70. The van der Waals surface area contributed by atoms with Crippen molar-refractivity contribution < 1.29 is 14.3 Å². The highest BCUT2D eigenvalue weighted by molar-refractivity contribution is 5.89. The molecule has 0 unspecified atom stereocenters. The van der Waals surface area contributed by atoms with Crippen molar-refractivity contribution in [3.8, 4) is 17.0 Å². The Morgan fingerprint density at radius 3 is 2.71 bits per heavy atom. The van der Waals surface area contributed by atoms with Crippen LogP contribution in [0.3, 0.4) is 0 Å². The average molecular weight is 283 g/mol. The summed E-state index contributed by atoms with van der Waals surface area (Å²) in [5.74, 6) is 0.0494. The van der Waals surface area contributed by atoms with Crippen LogP contribution in [0.25, 0.3) is 11.1 Å². The van der Waals surface area contributed by atoms with Crippen LogP contribution >= 0.6 is 0 Å². The summed E-state index contributed by atoms with van der Waals surface area (Å²) in [6.07, 6.45) is 2.24. The SMILES string of the molecule is CCCC(=O)Oc1cc(-c2ccccc2)c2n1C(=O)CC2. The number of carbonyl (C=O) groups is 2. The molecule has 0 aliphatic carbocycles. The Kier molecular flexibility index (Phi) is 3.60. The second-order valence-electron chi connectivity index (χ2n) is 5.16. The van der Waals surface area contributed by atoms with Gasteiger partial charge in [0, 0.05) is 30.2 Å². The number of rotatable bonds is 4. The predicted octanol–water partition coefficient (Wildman–Crippen LogP) is 3.45. The third kappa shape index (κ3) is 2.49. The molecule has 0 saturated carbocycles. The number of aromatic nitrogens is 1. The van der Waals surface area contributed by atoms with E-state index in [1.54, 1.807) is 10.6 Å². The average Bonchev–Trinajstić information content (AvgIpc) is 3.02. The maximum atomic E-state index is 12.0. The number of nitrogens with zero attached hydrogens (tertiary/aromatic N) is 1. The van der Waals surface area contributed by atoms with E-state index < -0.39 is 0 Å². The Morgan fingerprint density at radius 2 is 2.00 bits per heavy atom. The van der Waals surface area contributed by atoms with E-state index in [9.17, 15) is 9.59 Å². The minimum absolute atomic E-state index is 0.00789. The van der Waals surface area contributed by atoms with E-state index in [1.165, 1.54) is 0 Å². The Labute approximate surface area is 123 Å². The monoisotopic (exact) mass is 283 g/mol. The van der Waals surface area contributed by atoms with Crippen molar-refractivity contribution in [1.29, 1.82) is 0 Å². The van der Waals surface area contributed by atoms with Crippen molar-refractivity contribution in [1.82, 2.24) is 4.57 Å². The molecule has 1 aromatic carbocycles.